The van der Waals surface area contributed by atoms with E-state index in [0.29, 0.717) is 15.1 Å². The molecule has 0 saturated heterocycles. The zero-order valence-corrected chi connectivity index (χ0v) is 15.1. The summed E-state index contributed by atoms with van der Waals surface area (Å²) in [5, 5.41) is 25.7. The van der Waals surface area contributed by atoms with Crippen molar-refractivity contribution in [1.29, 1.82) is 0 Å². The van der Waals surface area contributed by atoms with E-state index in [9.17, 15) is 10.2 Å². The quantitative estimate of drug-likeness (QED) is 0.284. The van der Waals surface area contributed by atoms with E-state index >= 15 is 0 Å². The molecule has 22 heavy (non-hydrogen) atoms. The van der Waals surface area contributed by atoms with Crippen molar-refractivity contribution in [3.63, 3.8) is 0 Å². The fraction of sp³-hybridized carbons (Fsp3) is 0. The summed E-state index contributed by atoms with van der Waals surface area (Å²) >= 11 is 11.4. The molecule has 114 valence electrons. The van der Waals surface area contributed by atoms with Crippen molar-refractivity contribution in [1.82, 2.24) is 5.43 Å². The topological polar surface area (TPSA) is 78.5 Å². The molecule has 0 spiro atoms. The van der Waals surface area contributed by atoms with Crippen LogP contribution in [0.25, 0.3) is 0 Å². The standard InChI is InChI=1S/C14H11Br2N3O2S/c15-10-6-8(12(20)11(16)13(10)21)7-17-19-14(22)18-9-4-2-1-3-5-9/h1-7,20-21H,(H2,18,19,22)/p+1. The number of phenols is 2. The third kappa shape index (κ3) is 4.19. The maximum absolute atomic E-state index is 9.93. The van der Waals surface area contributed by atoms with Crippen molar-refractivity contribution in [2.45, 2.75) is 0 Å². The molecule has 0 radical (unpaired) electrons. The molecule has 2 rings (SSSR count). The minimum Gasteiger partial charge on any atom is -0.506 e. The fourth-order valence-corrected chi connectivity index (χ4v) is 2.92. The number of hydrazine groups is 1. The van der Waals surface area contributed by atoms with Crippen molar-refractivity contribution in [3.05, 3.63) is 50.9 Å². The Morgan fingerprint density at radius 3 is 2.50 bits per heavy atom. The summed E-state index contributed by atoms with van der Waals surface area (Å²) in [5.41, 5.74) is 4.10. The van der Waals surface area contributed by atoms with Gasteiger partial charge in [-0.25, -0.2) is 0 Å². The largest absolute Gasteiger partial charge is 0.506 e. The molecule has 0 aliphatic heterocycles. The molecule has 0 fully saturated rings. The van der Waals surface area contributed by atoms with E-state index in [1.807, 2.05) is 30.3 Å². The Bertz CT molecular complexity index is 724. The molecule has 0 saturated carbocycles. The smallest absolute Gasteiger partial charge is 0.228 e. The van der Waals surface area contributed by atoms with E-state index in [1.54, 1.807) is 6.07 Å². The van der Waals surface area contributed by atoms with E-state index < -0.39 is 0 Å². The van der Waals surface area contributed by atoms with E-state index in [1.165, 1.54) is 6.21 Å². The molecule has 0 aliphatic carbocycles. The van der Waals surface area contributed by atoms with Crippen LogP contribution in [0.3, 0.4) is 0 Å². The average Bonchev–Trinajstić information content (AvgIpc) is 2.51. The lowest BCUT2D eigenvalue weighted by Crippen LogP contribution is -2.82. The van der Waals surface area contributed by atoms with Crippen LogP contribution in [0.5, 0.6) is 11.5 Å². The number of anilines is 1. The Labute approximate surface area is 149 Å². The molecule has 0 aromatic heterocycles. The molecule has 2 aromatic carbocycles. The molecule has 5 nitrogen and oxygen atoms in total. The molecule has 0 heterocycles. The van der Waals surface area contributed by atoms with Gasteiger partial charge in [-0.3, -0.25) is 0 Å². The lowest BCUT2D eigenvalue weighted by atomic mass is 10.2. The highest BCUT2D eigenvalue weighted by Gasteiger charge is 2.14. The van der Waals surface area contributed by atoms with Crippen LogP contribution in [-0.2, 0) is 0 Å². The van der Waals surface area contributed by atoms with Crippen LogP contribution in [0.2, 0.25) is 0 Å². The summed E-state index contributed by atoms with van der Waals surface area (Å²) in [5.74, 6) is -0.152. The molecule has 0 bridgehead atoms. The first-order chi connectivity index (χ1) is 10.5. The van der Waals surface area contributed by atoms with Crippen molar-refractivity contribution in [3.8, 4) is 11.5 Å². The number of hydrazone groups is 1. The van der Waals surface area contributed by atoms with E-state index in [2.05, 4.69) is 47.7 Å². The van der Waals surface area contributed by atoms with Gasteiger partial charge in [-0.2, -0.15) is 0 Å². The highest BCUT2D eigenvalue weighted by molar-refractivity contribution is 9.11. The van der Waals surface area contributed by atoms with E-state index in [0.717, 1.165) is 5.69 Å². The Balaban J connectivity index is 2.03. The number of halogens is 2. The van der Waals surface area contributed by atoms with Crippen molar-refractivity contribution in [2.24, 2.45) is 0 Å². The van der Waals surface area contributed by atoms with Crippen LogP contribution in [0.1, 0.15) is 5.56 Å². The molecule has 5 N–H and O–H groups in total. The normalized spacial score (nSPS) is 10.6. The second-order valence-electron chi connectivity index (χ2n) is 4.19. The van der Waals surface area contributed by atoms with Gasteiger partial charge in [-0.15, -0.1) is 10.5 Å². The molecular formula is C14H12Br2N3O2S+. The molecule has 0 aliphatic rings. The van der Waals surface area contributed by atoms with E-state index in [4.69, 9.17) is 12.2 Å². The lowest BCUT2D eigenvalue weighted by molar-refractivity contribution is -0.499. The van der Waals surface area contributed by atoms with Crippen molar-refractivity contribution >= 4 is 61.1 Å². The first kappa shape index (κ1) is 16.7. The monoisotopic (exact) mass is 444 g/mol. The lowest BCUT2D eigenvalue weighted by Gasteiger charge is -2.05. The molecule has 0 amide bonds. The number of phenolic OH excluding ortho intramolecular Hbond substituents is 2. The summed E-state index contributed by atoms with van der Waals surface area (Å²) in [6, 6.07) is 11.0. The third-order valence-corrected chi connectivity index (χ3v) is 4.20. The number of hydrogen-bond donors (Lipinski definition) is 5. The molecule has 0 unspecified atom stereocenters. The molecular weight excluding hydrogens is 434 g/mol. The van der Waals surface area contributed by atoms with Gasteiger partial charge in [-0.05, 0) is 62.3 Å². The van der Waals surface area contributed by atoms with E-state index in [-0.39, 0.29) is 16.0 Å². The van der Waals surface area contributed by atoms with Crippen LogP contribution in [0, 0.1) is 0 Å². The zero-order chi connectivity index (χ0) is 16.1. The van der Waals surface area contributed by atoms with Crippen LogP contribution in [0.15, 0.2) is 45.3 Å². The minimum absolute atomic E-state index is 0.0659. The van der Waals surface area contributed by atoms with Crippen LogP contribution >= 0.6 is 44.1 Å². The third-order valence-electron chi connectivity index (χ3n) is 2.64. The second kappa shape index (κ2) is 7.57. The number of benzene rings is 2. The van der Waals surface area contributed by atoms with Crippen molar-refractivity contribution < 1.29 is 15.3 Å². The fourth-order valence-electron chi connectivity index (χ4n) is 1.59. The Kier molecular flexibility index (Phi) is 5.76. The SMILES string of the molecule is Oc1c(Br)cc(C=[NH+]NC(=S)Nc2ccccc2)c(O)c1Br. The number of thiocarbonyl (C=S) groups is 1. The number of hydrogen-bond acceptors (Lipinski definition) is 3. The zero-order valence-electron chi connectivity index (χ0n) is 11.1. The first-order valence-electron chi connectivity index (χ1n) is 6.09. The van der Waals surface area contributed by atoms with Crippen molar-refractivity contribution in [2.75, 3.05) is 5.32 Å². The highest BCUT2D eigenvalue weighted by Crippen LogP contribution is 2.40. The summed E-state index contributed by atoms with van der Waals surface area (Å²) in [6.45, 7) is 0. The average molecular weight is 446 g/mol. The molecule has 8 heteroatoms. The summed E-state index contributed by atoms with van der Waals surface area (Å²) in [4.78, 5) is 0. The maximum Gasteiger partial charge on any atom is 0.228 e. The van der Waals surface area contributed by atoms with Gasteiger partial charge in [0, 0.05) is 5.69 Å². The second-order valence-corrected chi connectivity index (χ2v) is 6.25. The van der Waals surface area contributed by atoms with Crippen LogP contribution < -0.4 is 15.8 Å². The molecule has 0 atom stereocenters. The Hall–Kier alpha value is -1.64. The van der Waals surface area contributed by atoms with Gasteiger partial charge in [0.1, 0.15) is 16.0 Å². The van der Waals surface area contributed by atoms with Crippen LogP contribution in [-0.4, -0.2) is 21.5 Å². The predicted molar refractivity (Wildman–Crippen MR) is 97.1 cm³/mol. The van der Waals surface area contributed by atoms with Gasteiger partial charge in [0.25, 0.3) is 0 Å². The van der Waals surface area contributed by atoms with Gasteiger partial charge >= 0.3 is 0 Å². The Morgan fingerprint density at radius 2 is 1.82 bits per heavy atom. The first-order valence-corrected chi connectivity index (χ1v) is 8.09. The molecule has 2 aromatic rings. The highest BCUT2D eigenvalue weighted by atomic mass is 79.9. The number of nitrogens with one attached hydrogen (secondary N) is 3. The number of para-hydroxylation sites is 1. The van der Waals surface area contributed by atoms with Gasteiger partial charge < -0.3 is 15.5 Å². The van der Waals surface area contributed by atoms with Gasteiger partial charge in [0.05, 0.1) is 10.0 Å². The maximum atomic E-state index is 9.93. The summed E-state index contributed by atoms with van der Waals surface area (Å²) in [7, 11) is 0. The summed E-state index contributed by atoms with van der Waals surface area (Å²) < 4.78 is 0.662. The number of aromatic hydroxyl groups is 2. The minimum atomic E-state index is -0.0862. The van der Waals surface area contributed by atoms with Gasteiger partial charge in [0.15, 0.2) is 0 Å². The van der Waals surface area contributed by atoms with Crippen LogP contribution in [0.4, 0.5) is 5.69 Å². The van der Waals surface area contributed by atoms with Gasteiger partial charge in [-0.1, -0.05) is 18.2 Å². The van der Waals surface area contributed by atoms with Gasteiger partial charge in [0.2, 0.25) is 11.3 Å². The Morgan fingerprint density at radius 1 is 1.14 bits per heavy atom. The predicted octanol–water partition coefficient (Wildman–Crippen LogP) is 2.02. The number of rotatable bonds is 3. The summed E-state index contributed by atoms with van der Waals surface area (Å²) in [6.07, 6.45) is 1.52.